The van der Waals surface area contributed by atoms with Gasteiger partial charge in [-0.2, -0.15) is 0 Å². The molecule has 0 bridgehead atoms. The molecular formula is C16H30N2O5. The predicted octanol–water partition coefficient (Wildman–Crippen LogP) is 2.00. The number of rotatable bonds is 10. The molecule has 0 heterocycles. The number of amides is 2. The fraction of sp³-hybridized carbons (Fsp3) is 0.812. The van der Waals surface area contributed by atoms with Crippen molar-refractivity contribution in [3.63, 3.8) is 0 Å². The molecular weight excluding hydrogens is 300 g/mol. The van der Waals surface area contributed by atoms with E-state index in [1.165, 1.54) is 0 Å². The molecule has 0 aromatic rings. The van der Waals surface area contributed by atoms with E-state index in [1.807, 2.05) is 27.7 Å². The summed E-state index contributed by atoms with van der Waals surface area (Å²) < 4.78 is 9.97. The molecule has 23 heavy (non-hydrogen) atoms. The van der Waals surface area contributed by atoms with E-state index in [9.17, 15) is 14.4 Å². The normalized spacial score (nSPS) is 10.8. The number of nitrogens with one attached hydrogen (secondary N) is 2. The van der Waals surface area contributed by atoms with Crippen LogP contribution >= 0.6 is 0 Å². The van der Waals surface area contributed by atoms with Crippen molar-refractivity contribution in [3.05, 3.63) is 0 Å². The van der Waals surface area contributed by atoms with E-state index in [0.717, 1.165) is 12.8 Å². The highest BCUT2D eigenvalue weighted by Gasteiger charge is 2.13. The highest BCUT2D eigenvalue weighted by Crippen LogP contribution is 2.12. The van der Waals surface area contributed by atoms with Crippen molar-refractivity contribution < 1.29 is 23.9 Å². The zero-order valence-corrected chi connectivity index (χ0v) is 14.7. The van der Waals surface area contributed by atoms with Crippen molar-refractivity contribution in [1.29, 1.82) is 0 Å². The van der Waals surface area contributed by atoms with E-state index >= 15 is 0 Å². The Bertz CT molecular complexity index is 377. The summed E-state index contributed by atoms with van der Waals surface area (Å²) in [5, 5.41) is 5.11. The fourth-order valence-electron chi connectivity index (χ4n) is 1.41. The third kappa shape index (κ3) is 14.9. The minimum atomic E-state index is -0.535. The quantitative estimate of drug-likeness (QED) is 0.472. The molecule has 0 fully saturated rings. The molecule has 7 nitrogen and oxygen atoms in total. The van der Waals surface area contributed by atoms with Gasteiger partial charge in [0, 0.05) is 19.5 Å². The molecule has 2 amide bonds. The first-order valence-corrected chi connectivity index (χ1v) is 8.07. The molecule has 0 aromatic carbocycles. The molecule has 0 unspecified atom stereocenters. The van der Waals surface area contributed by atoms with Crippen LogP contribution in [-0.4, -0.2) is 44.3 Å². The Labute approximate surface area is 138 Å². The maximum absolute atomic E-state index is 11.5. The molecule has 0 aliphatic heterocycles. The van der Waals surface area contributed by atoms with Gasteiger partial charge in [0.2, 0.25) is 5.91 Å². The molecule has 0 atom stereocenters. The molecule has 0 saturated heterocycles. The summed E-state index contributed by atoms with van der Waals surface area (Å²) in [5.74, 6) is -0.551. The molecule has 0 radical (unpaired) electrons. The number of hydrogen-bond acceptors (Lipinski definition) is 5. The van der Waals surface area contributed by atoms with Crippen LogP contribution in [0.2, 0.25) is 0 Å². The third-order valence-electron chi connectivity index (χ3n) is 2.67. The molecule has 0 spiro atoms. The van der Waals surface area contributed by atoms with Gasteiger partial charge in [0.25, 0.3) is 0 Å². The first-order valence-electron chi connectivity index (χ1n) is 8.07. The van der Waals surface area contributed by atoms with Crippen molar-refractivity contribution in [2.24, 2.45) is 5.41 Å². The lowest BCUT2D eigenvalue weighted by Gasteiger charge is -2.17. The van der Waals surface area contributed by atoms with Crippen LogP contribution in [0.4, 0.5) is 4.79 Å². The van der Waals surface area contributed by atoms with Crippen molar-refractivity contribution in [2.45, 2.75) is 53.4 Å². The molecule has 0 aliphatic rings. The number of ether oxygens (including phenoxy) is 2. The Morgan fingerprint density at radius 2 is 1.61 bits per heavy atom. The first-order chi connectivity index (χ1) is 10.7. The summed E-state index contributed by atoms with van der Waals surface area (Å²) in [6.45, 7) is 9.05. The predicted molar refractivity (Wildman–Crippen MR) is 86.9 cm³/mol. The van der Waals surface area contributed by atoms with Gasteiger partial charge in [0.05, 0.1) is 19.6 Å². The van der Waals surface area contributed by atoms with Crippen LogP contribution in [0.1, 0.15) is 53.4 Å². The van der Waals surface area contributed by atoms with E-state index in [2.05, 4.69) is 10.6 Å². The Balaban J connectivity index is 3.60. The molecule has 134 valence electrons. The van der Waals surface area contributed by atoms with E-state index in [0.29, 0.717) is 13.2 Å². The van der Waals surface area contributed by atoms with Crippen LogP contribution in [0.25, 0.3) is 0 Å². The second kappa shape index (κ2) is 11.7. The van der Waals surface area contributed by atoms with Crippen LogP contribution in [0.5, 0.6) is 0 Å². The van der Waals surface area contributed by atoms with Crippen molar-refractivity contribution >= 4 is 18.0 Å². The average Bonchev–Trinajstić information content (AvgIpc) is 2.44. The lowest BCUT2D eigenvalue weighted by Crippen LogP contribution is -2.33. The van der Waals surface area contributed by atoms with Crippen molar-refractivity contribution in [3.8, 4) is 0 Å². The maximum atomic E-state index is 11.5. The molecule has 0 aliphatic carbocycles. The standard InChI is InChI=1S/C16H30N2O5/c1-5-6-11-22-14(20)8-10-17-13(19)7-9-18-15(21)23-12-16(2,3)4/h5-12H2,1-4H3,(H,17,19)(H,18,21). The minimum absolute atomic E-state index is 0.0968. The van der Waals surface area contributed by atoms with Crippen LogP contribution in [-0.2, 0) is 19.1 Å². The van der Waals surface area contributed by atoms with E-state index < -0.39 is 6.09 Å². The zero-order valence-electron chi connectivity index (χ0n) is 14.7. The maximum Gasteiger partial charge on any atom is 0.407 e. The lowest BCUT2D eigenvalue weighted by molar-refractivity contribution is -0.143. The lowest BCUT2D eigenvalue weighted by atomic mass is 9.99. The average molecular weight is 330 g/mol. The summed E-state index contributed by atoms with van der Waals surface area (Å²) in [4.78, 5) is 34.2. The monoisotopic (exact) mass is 330 g/mol. The zero-order chi connectivity index (χ0) is 17.7. The van der Waals surface area contributed by atoms with Gasteiger partial charge in [-0.25, -0.2) is 4.79 Å². The van der Waals surface area contributed by atoms with Gasteiger partial charge in [-0.05, 0) is 11.8 Å². The highest BCUT2D eigenvalue weighted by atomic mass is 16.5. The van der Waals surface area contributed by atoms with Crippen LogP contribution in [0, 0.1) is 5.41 Å². The number of alkyl carbamates (subject to hydrolysis) is 1. The van der Waals surface area contributed by atoms with Crippen LogP contribution in [0.3, 0.4) is 0 Å². The van der Waals surface area contributed by atoms with Crippen LogP contribution in [0.15, 0.2) is 0 Å². The molecule has 0 aromatic heterocycles. The number of hydrogen-bond donors (Lipinski definition) is 2. The number of esters is 1. The van der Waals surface area contributed by atoms with Gasteiger partial charge in [0.1, 0.15) is 0 Å². The molecule has 0 saturated carbocycles. The van der Waals surface area contributed by atoms with E-state index in [4.69, 9.17) is 9.47 Å². The summed E-state index contributed by atoms with van der Waals surface area (Å²) in [5.41, 5.74) is -0.0968. The first kappa shape index (κ1) is 21.2. The number of carbonyl (C=O) groups is 3. The fourth-order valence-corrected chi connectivity index (χ4v) is 1.41. The van der Waals surface area contributed by atoms with Gasteiger partial charge in [-0.1, -0.05) is 34.1 Å². The largest absolute Gasteiger partial charge is 0.466 e. The summed E-state index contributed by atoms with van der Waals surface area (Å²) >= 11 is 0. The second-order valence-electron chi connectivity index (χ2n) is 6.49. The number of carbonyl (C=O) groups excluding carboxylic acids is 3. The van der Waals surface area contributed by atoms with Crippen molar-refractivity contribution in [1.82, 2.24) is 10.6 Å². The Morgan fingerprint density at radius 3 is 2.22 bits per heavy atom. The molecule has 0 rings (SSSR count). The second-order valence-corrected chi connectivity index (χ2v) is 6.49. The molecule has 2 N–H and O–H groups in total. The summed E-state index contributed by atoms with van der Waals surface area (Å²) in [6, 6.07) is 0. The summed E-state index contributed by atoms with van der Waals surface area (Å²) in [6.07, 6.45) is 1.56. The Morgan fingerprint density at radius 1 is 0.957 bits per heavy atom. The summed E-state index contributed by atoms with van der Waals surface area (Å²) in [7, 11) is 0. The molecule has 7 heteroatoms. The Hall–Kier alpha value is -1.79. The van der Waals surface area contributed by atoms with Crippen molar-refractivity contribution in [2.75, 3.05) is 26.3 Å². The highest BCUT2D eigenvalue weighted by molar-refractivity contribution is 5.77. The SMILES string of the molecule is CCCCOC(=O)CCNC(=O)CCNC(=O)OCC(C)(C)C. The minimum Gasteiger partial charge on any atom is -0.466 e. The van der Waals surface area contributed by atoms with Crippen LogP contribution < -0.4 is 10.6 Å². The van der Waals surface area contributed by atoms with E-state index in [-0.39, 0.29) is 43.2 Å². The van der Waals surface area contributed by atoms with Gasteiger partial charge in [-0.15, -0.1) is 0 Å². The topological polar surface area (TPSA) is 93.7 Å². The number of unbranched alkanes of at least 4 members (excludes halogenated alkanes) is 1. The van der Waals surface area contributed by atoms with Gasteiger partial charge in [-0.3, -0.25) is 9.59 Å². The van der Waals surface area contributed by atoms with Gasteiger partial charge >= 0.3 is 12.1 Å². The van der Waals surface area contributed by atoms with Gasteiger partial charge < -0.3 is 20.1 Å². The smallest absolute Gasteiger partial charge is 0.407 e. The van der Waals surface area contributed by atoms with E-state index in [1.54, 1.807) is 0 Å². The van der Waals surface area contributed by atoms with Gasteiger partial charge in [0.15, 0.2) is 0 Å². The third-order valence-corrected chi connectivity index (χ3v) is 2.67. The Kier molecular flexibility index (Phi) is 10.8.